The standard InChI is InChI=1S/C10H12O3/c1-8-3-2-4-9(7-8)10(12)13-6-5-11/h2-4,7,11H,5-6H2,1H3. The normalized spacial score (nSPS) is 9.69. The lowest BCUT2D eigenvalue weighted by molar-refractivity contribution is 0.0433. The Balaban J connectivity index is 2.66. The van der Waals surface area contributed by atoms with Crippen LogP contribution in [0.15, 0.2) is 24.3 Å². The van der Waals surface area contributed by atoms with E-state index in [1.807, 2.05) is 13.0 Å². The molecular weight excluding hydrogens is 168 g/mol. The Morgan fingerprint density at radius 3 is 2.92 bits per heavy atom. The van der Waals surface area contributed by atoms with Crippen LogP contribution in [0.1, 0.15) is 15.9 Å². The molecule has 0 spiro atoms. The van der Waals surface area contributed by atoms with E-state index in [-0.39, 0.29) is 13.2 Å². The zero-order valence-electron chi connectivity index (χ0n) is 7.49. The van der Waals surface area contributed by atoms with Gasteiger partial charge in [0.25, 0.3) is 0 Å². The number of aliphatic hydroxyl groups is 1. The highest BCUT2D eigenvalue weighted by Gasteiger charge is 2.05. The van der Waals surface area contributed by atoms with Crippen LogP contribution in [0.25, 0.3) is 0 Å². The molecule has 0 aliphatic rings. The van der Waals surface area contributed by atoms with Gasteiger partial charge in [-0.05, 0) is 19.1 Å². The topological polar surface area (TPSA) is 46.5 Å². The van der Waals surface area contributed by atoms with Crippen molar-refractivity contribution in [3.05, 3.63) is 35.4 Å². The number of benzene rings is 1. The summed E-state index contributed by atoms with van der Waals surface area (Å²) in [6, 6.07) is 7.14. The predicted molar refractivity (Wildman–Crippen MR) is 48.5 cm³/mol. The average Bonchev–Trinajstić information content (AvgIpc) is 2.14. The second kappa shape index (κ2) is 4.62. The quantitative estimate of drug-likeness (QED) is 0.709. The Kier molecular flexibility index (Phi) is 3.46. The molecule has 13 heavy (non-hydrogen) atoms. The van der Waals surface area contributed by atoms with Crippen LogP contribution >= 0.6 is 0 Å². The van der Waals surface area contributed by atoms with Crippen molar-refractivity contribution in [2.45, 2.75) is 6.92 Å². The van der Waals surface area contributed by atoms with Crippen LogP contribution in [0.4, 0.5) is 0 Å². The summed E-state index contributed by atoms with van der Waals surface area (Å²) in [6.45, 7) is 1.81. The van der Waals surface area contributed by atoms with Crippen LogP contribution in [0, 0.1) is 6.92 Å². The minimum atomic E-state index is -0.391. The van der Waals surface area contributed by atoms with Crippen LogP contribution in [0.2, 0.25) is 0 Å². The molecular formula is C10H12O3. The molecule has 1 rings (SSSR count). The van der Waals surface area contributed by atoms with Gasteiger partial charge in [-0.1, -0.05) is 17.7 Å². The average molecular weight is 180 g/mol. The number of aliphatic hydroxyl groups excluding tert-OH is 1. The summed E-state index contributed by atoms with van der Waals surface area (Å²) in [5.41, 5.74) is 1.53. The summed E-state index contributed by atoms with van der Waals surface area (Å²) in [7, 11) is 0. The van der Waals surface area contributed by atoms with Gasteiger partial charge in [-0.2, -0.15) is 0 Å². The molecule has 0 unspecified atom stereocenters. The second-order valence-electron chi connectivity index (χ2n) is 2.73. The van der Waals surface area contributed by atoms with Gasteiger partial charge in [-0.15, -0.1) is 0 Å². The maximum atomic E-state index is 11.2. The maximum absolute atomic E-state index is 11.2. The number of carbonyl (C=O) groups is 1. The van der Waals surface area contributed by atoms with Gasteiger partial charge in [0.2, 0.25) is 0 Å². The lowest BCUT2D eigenvalue weighted by Gasteiger charge is -2.02. The molecule has 1 N–H and O–H groups in total. The van der Waals surface area contributed by atoms with Gasteiger partial charge in [-0.25, -0.2) is 4.79 Å². The van der Waals surface area contributed by atoms with E-state index >= 15 is 0 Å². The van der Waals surface area contributed by atoms with Crippen molar-refractivity contribution >= 4 is 5.97 Å². The SMILES string of the molecule is Cc1cccc(C(=O)OCCO)c1. The van der Waals surface area contributed by atoms with Crippen LogP contribution in [-0.2, 0) is 4.74 Å². The third kappa shape index (κ3) is 2.87. The lowest BCUT2D eigenvalue weighted by Crippen LogP contribution is -2.08. The highest BCUT2D eigenvalue weighted by Crippen LogP contribution is 2.05. The van der Waals surface area contributed by atoms with E-state index in [1.165, 1.54) is 0 Å². The molecule has 0 saturated carbocycles. The number of esters is 1. The van der Waals surface area contributed by atoms with Crippen molar-refractivity contribution in [2.75, 3.05) is 13.2 Å². The fraction of sp³-hybridized carbons (Fsp3) is 0.300. The van der Waals surface area contributed by atoms with Gasteiger partial charge < -0.3 is 9.84 Å². The number of rotatable bonds is 3. The van der Waals surface area contributed by atoms with Crippen molar-refractivity contribution < 1.29 is 14.6 Å². The summed E-state index contributed by atoms with van der Waals surface area (Å²) in [5, 5.41) is 8.44. The Morgan fingerprint density at radius 1 is 1.54 bits per heavy atom. The van der Waals surface area contributed by atoms with Gasteiger partial charge in [0.15, 0.2) is 0 Å². The molecule has 0 aliphatic heterocycles. The van der Waals surface area contributed by atoms with E-state index in [4.69, 9.17) is 9.84 Å². The summed E-state index contributed by atoms with van der Waals surface area (Å²) in [5.74, 6) is -0.391. The smallest absolute Gasteiger partial charge is 0.338 e. The molecule has 0 saturated heterocycles. The van der Waals surface area contributed by atoms with Crippen molar-refractivity contribution in [1.82, 2.24) is 0 Å². The molecule has 0 fully saturated rings. The number of ether oxygens (including phenoxy) is 1. The van der Waals surface area contributed by atoms with Crippen LogP contribution < -0.4 is 0 Å². The van der Waals surface area contributed by atoms with E-state index in [2.05, 4.69) is 0 Å². The first kappa shape index (κ1) is 9.74. The molecule has 0 heterocycles. The first-order valence-corrected chi connectivity index (χ1v) is 4.08. The fourth-order valence-corrected chi connectivity index (χ4v) is 0.994. The van der Waals surface area contributed by atoms with Gasteiger partial charge in [0, 0.05) is 0 Å². The highest BCUT2D eigenvalue weighted by atomic mass is 16.5. The molecule has 1 aromatic rings. The number of carbonyl (C=O) groups excluding carboxylic acids is 1. The van der Waals surface area contributed by atoms with Crippen molar-refractivity contribution in [1.29, 1.82) is 0 Å². The summed E-state index contributed by atoms with van der Waals surface area (Å²) in [6.07, 6.45) is 0. The van der Waals surface area contributed by atoms with Crippen molar-refractivity contribution in [3.8, 4) is 0 Å². The van der Waals surface area contributed by atoms with Crippen molar-refractivity contribution in [2.24, 2.45) is 0 Å². The minimum absolute atomic E-state index is 0.0484. The van der Waals surface area contributed by atoms with E-state index in [0.717, 1.165) is 5.56 Å². The Hall–Kier alpha value is -1.35. The summed E-state index contributed by atoms with van der Waals surface area (Å²) >= 11 is 0. The van der Waals surface area contributed by atoms with E-state index in [9.17, 15) is 4.79 Å². The molecule has 0 aliphatic carbocycles. The van der Waals surface area contributed by atoms with E-state index < -0.39 is 5.97 Å². The first-order valence-electron chi connectivity index (χ1n) is 4.08. The third-order valence-corrected chi connectivity index (χ3v) is 1.58. The predicted octanol–water partition coefficient (Wildman–Crippen LogP) is 1.14. The molecule has 0 bridgehead atoms. The number of aryl methyl sites for hydroxylation is 1. The van der Waals surface area contributed by atoms with Crippen LogP contribution in [0.5, 0.6) is 0 Å². The van der Waals surface area contributed by atoms with Gasteiger partial charge in [0.05, 0.1) is 12.2 Å². The molecule has 0 aromatic heterocycles. The molecule has 0 radical (unpaired) electrons. The van der Waals surface area contributed by atoms with Gasteiger partial charge >= 0.3 is 5.97 Å². The largest absolute Gasteiger partial charge is 0.460 e. The lowest BCUT2D eigenvalue weighted by atomic mass is 10.1. The van der Waals surface area contributed by atoms with E-state index in [0.29, 0.717) is 5.56 Å². The fourth-order valence-electron chi connectivity index (χ4n) is 0.994. The summed E-state index contributed by atoms with van der Waals surface area (Å²) < 4.78 is 4.74. The van der Waals surface area contributed by atoms with Gasteiger partial charge in [0.1, 0.15) is 6.61 Å². The van der Waals surface area contributed by atoms with Gasteiger partial charge in [-0.3, -0.25) is 0 Å². The Labute approximate surface area is 77.0 Å². The zero-order valence-corrected chi connectivity index (χ0v) is 7.49. The van der Waals surface area contributed by atoms with Crippen molar-refractivity contribution in [3.63, 3.8) is 0 Å². The molecule has 1 aromatic carbocycles. The molecule has 70 valence electrons. The first-order chi connectivity index (χ1) is 6.24. The summed E-state index contributed by atoms with van der Waals surface area (Å²) in [4.78, 5) is 11.2. The Morgan fingerprint density at radius 2 is 2.31 bits per heavy atom. The minimum Gasteiger partial charge on any atom is -0.460 e. The Bertz CT molecular complexity index is 294. The second-order valence-corrected chi connectivity index (χ2v) is 2.73. The monoisotopic (exact) mass is 180 g/mol. The number of hydrogen-bond acceptors (Lipinski definition) is 3. The molecule has 3 heteroatoms. The maximum Gasteiger partial charge on any atom is 0.338 e. The third-order valence-electron chi connectivity index (χ3n) is 1.58. The molecule has 3 nitrogen and oxygen atoms in total. The zero-order chi connectivity index (χ0) is 9.68. The number of hydrogen-bond donors (Lipinski definition) is 1. The highest BCUT2D eigenvalue weighted by molar-refractivity contribution is 5.89. The molecule has 0 atom stereocenters. The van der Waals surface area contributed by atoms with E-state index in [1.54, 1.807) is 18.2 Å². The van der Waals surface area contributed by atoms with Crippen LogP contribution in [-0.4, -0.2) is 24.3 Å². The molecule has 0 amide bonds. The van der Waals surface area contributed by atoms with Crippen LogP contribution in [0.3, 0.4) is 0 Å².